The molecule has 0 aliphatic carbocycles. The standard InChI is InChI=1S/C9H16N4O/c10-4-3-8-11-9(13-12-8)7-2-1-5-14-6-7/h7H,1-6,10H2,(H,11,12,13). The Bertz CT molecular complexity index is 280. The minimum atomic E-state index is 0.367. The summed E-state index contributed by atoms with van der Waals surface area (Å²) in [5.41, 5.74) is 5.44. The van der Waals surface area contributed by atoms with E-state index < -0.39 is 0 Å². The smallest absolute Gasteiger partial charge is 0.156 e. The number of hydrogen-bond donors (Lipinski definition) is 2. The van der Waals surface area contributed by atoms with E-state index in [2.05, 4.69) is 15.2 Å². The summed E-state index contributed by atoms with van der Waals surface area (Å²) >= 11 is 0. The van der Waals surface area contributed by atoms with Crippen LogP contribution in [0.4, 0.5) is 0 Å². The van der Waals surface area contributed by atoms with Gasteiger partial charge in [-0.05, 0) is 19.4 Å². The molecule has 3 N–H and O–H groups in total. The van der Waals surface area contributed by atoms with E-state index in [0.29, 0.717) is 12.5 Å². The van der Waals surface area contributed by atoms with Crippen molar-refractivity contribution >= 4 is 0 Å². The van der Waals surface area contributed by atoms with Gasteiger partial charge in [0.1, 0.15) is 5.82 Å². The third-order valence-corrected chi connectivity index (χ3v) is 2.46. The second-order valence-electron chi connectivity index (χ2n) is 3.59. The van der Waals surface area contributed by atoms with Gasteiger partial charge >= 0.3 is 0 Å². The summed E-state index contributed by atoms with van der Waals surface area (Å²) in [6.07, 6.45) is 2.99. The van der Waals surface area contributed by atoms with Gasteiger partial charge in [0.15, 0.2) is 5.82 Å². The van der Waals surface area contributed by atoms with Crippen LogP contribution in [-0.4, -0.2) is 34.9 Å². The summed E-state index contributed by atoms with van der Waals surface area (Å²) < 4.78 is 5.39. The fourth-order valence-electron chi connectivity index (χ4n) is 1.69. The molecule has 5 heteroatoms. The van der Waals surface area contributed by atoms with Gasteiger partial charge in [0.2, 0.25) is 0 Å². The lowest BCUT2D eigenvalue weighted by Crippen LogP contribution is -2.16. The maximum atomic E-state index is 5.44. The molecule has 1 aliphatic heterocycles. The molecule has 1 fully saturated rings. The van der Waals surface area contributed by atoms with Crippen LogP contribution in [0.5, 0.6) is 0 Å². The number of ether oxygens (including phenoxy) is 1. The van der Waals surface area contributed by atoms with E-state index in [0.717, 1.165) is 44.1 Å². The molecule has 1 unspecified atom stereocenters. The molecule has 1 aromatic rings. The normalized spacial score (nSPS) is 22.5. The lowest BCUT2D eigenvalue weighted by molar-refractivity contribution is 0.0781. The van der Waals surface area contributed by atoms with Crippen molar-refractivity contribution in [3.05, 3.63) is 11.6 Å². The largest absolute Gasteiger partial charge is 0.381 e. The highest BCUT2D eigenvalue weighted by Gasteiger charge is 2.19. The van der Waals surface area contributed by atoms with E-state index in [4.69, 9.17) is 10.5 Å². The van der Waals surface area contributed by atoms with Crippen LogP contribution < -0.4 is 5.73 Å². The van der Waals surface area contributed by atoms with Gasteiger partial charge in [-0.25, -0.2) is 4.98 Å². The summed E-state index contributed by atoms with van der Waals surface area (Å²) in [5, 5.41) is 7.09. The quantitative estimate of drug-likeness (QED) is 0.724. The highest BCUT2D eigenvalue weighted by Crippen LogP contribution is 2.22. The first-order chi connectivity index (χ1) is 6.90. The molecule has 0 bridgehead atoms. The number of aromatic nitrogens is 3. The molecule has 0 saturated carbocycles. The molecular weight excluding hydrogens is 180 g/mol. The Morgan fingerprint density at radius 1 is 1.57 bits per heavy atom. The van der Waals surface area contributed by atoms with Crippen LogP contribution in [0.25, 0.3) is 0 Å². The van der Waals surface area contributed by atoms with Gasteiger partial charge in [-0.3, -0.25) is 5.10 Å². The second-order valence-corrected chi connectivity index (χ2v) is 3.59. The number of rotatable bonds is 3. The van der Waals surface area contributed by atoms with E-state index in [1.807, 2.05) is 0 Å². The average molecular weight is 196 g/mol. The summed E-state index contributed by atoms with van der Waals surface area (Å²) in [6.45, 7) is 2.23. The lowest BCUT2D eigenvalue weighted by Gasteiger charge is -2.18. The molecule has 2 rings (SSSR count). The SMILES string of the molecule is NCCc1nc(C2CCCOC2)n[nH]1. The van der Waals surface area contributed by atoms with Gasteiger partial charge < -0.3 is 10.5 Å². The molecule has 0 amide bonds. The Hall–Kier alpha value is -0.940. The number of nitrogens with one attached hydrogen (secondary N) is 1. The van der Waals surface area contributed by atoms with Crippen molar-refractivity contribution in [3.8, 4) is 0 Å². The average Bonchev–Trinajstić information content (AvgIpc) is 2.68. The van der Waals surface area contributed by atoms with Gasteiger partial charge in [-0.1, -0.05) is 0 Å². The molecule has 1 atom stereocenters. The molecule has 1 aliphatic rings. The predicted octanol–water partition coefficient (Wildman–Crippen LogP) is 0.200. The lowest BCUT2D eigenvalue weighted by atomic mass is 10.0. The third kappa shape index (κ3) is 2.10. The van der Waals surface area contributed by atoms with Gasteiger partial charge in [-0.2, -0.15) is 5.10 Å². The van der Waals surface area contributed by atoms with Crippen molar-refractivity contribution in [2.24, 2.45) is 5.73 Å². The summed E-state index contributed by atoms with van der Waals surface area (Å²) in [6, 6.07) is 0. The van der Waals surface area contributed by atoms with Crippen LogP contribution >= 0.6 is 0 Å². The number of nitrogens with two attached hydrogens (primary N) is 1. The first kappa shape index (κ1) is 9.61. The van der Waals surface area contributed by atoms with Crippen molar-refractivity contribution in [2.75, 3.05) is 19.8 Å². The molecule has 0 spiro atoms. The van der Waals surface area contributed by atoms with Crippen LogP contribution in [0.3, 0.4) is 0 Å². The van der Waals surface area contributed by atoms with Gasteiger partial charge in [-0.15, -0.1) is 0 Å². The molecule has 0 aromatic carbocycles. The summed E-state index contributed by atoms with van der Waals surface area (Å²) in [4.78, 5) is 4.40. The maximum Gasteiger partial charge on any atom is 0.156 e. The molecule has 1 aromatic heterocycles. The fourth-order valence-corrected chi connectivity index (χ4v) is 1.69. The monoisotopic (exact) mass is 196 g/mol. The topological polar surface area (TPSA) is 76.8 Å². The van der Waals surface area contributed by atoms with Crippen molar-refractivity contribution in [1.29, 1.82) is 0 Å². The summed E-state index contributed by atoms with van der Waals surface area (Å²) in [7, 11) is 0. The summed E-state index contributed by atoms with van der Waals surface area (Å²) in [5.74, 6) is 2.13. The van der Waals surface area contributed by atoms with Crippen molar-refractivity contribution in [1.82, 2.24) is 15.2 Å². The van der Waals surface area contributed by atoms with Crippen molar-refractivity contribution in [2.45, 2.75) is 25.2 Å². The number of H-pyrrole nitrogens is 1. The fraction of sp³-hybridized carbons (Fsp3) is 0.778. The van der Waals surface area contributed by atoms with E-state index >= 15 is 0 Å². The van der Waals surface area contributed by atoms with Gasteiger partial charge in [0, 0.05) is 18.9 Å². The van der Waals surface area contributed by atoms with E-state index in [1.165, 1.54) is 0 Å². The Kier molecular flexibility index (Phi) is 3.10. The van der Waals surface area contributed by atoms with Crippen molar-refractivity contribution < 1.29 is 4.74 Å². The highest BCUT2D eigenvalue weighted by molar-refractivity contribution is 4.99. The molecule has 14 heavy (non-hydrogen) atoms. The first-order valence-electron chi connectivity index (χ1n) is 5.09. The van der Waals surface area contributed by atoms with Gasteiger partial charge in [0.05, 0.1) is 6.61 Å². The van der Waals surface area contributed by atoms with Crippen LogP contribution in [0, 0.1) is 0 Å². The second kappa shape index (κ2) is 4.52. The Labute approximate surface area is 83.1 Å². The highest BCUT2D eigenvalue weighted by atomic mass is 16.5. The zero-order valence-corrected chi connectivity index (χ0v) is 8.20. The Balaban J connectivity index is 2.00. The van der Waals surface area contributed by atoms with Gasteiger partial charge in [0.25, 0.3) is 0 Å². The zero-order valence-electron chi connectivity index (χ0n) is 8.20. The van der Waals surface area contributed by atoms with Crippen LogP contribution in [0.2, 0.25) is 0 Å². The maximum absolute atomic E-state index is 5.44. The molecule has 2 heterocycles. The Morgan fingerprint density at radius 3 is 3.21 bits per heavy atom. The molecule has 78 valence electrons. The van der Waals surface area contributed by atoms with Crippen molar-refractivity contribution in [3.63, 3.8) is 0 Å². The van der Waals surface area contributed by atoms with Crippen LogP contribution in [-0.2, 0) is 11.2 Å². The molecular formula is C9H16N4O. The number of aromatic amines is 1. The zero-order chi connectivity index (χ0) is 9.80. The Morgan fingerprint density at radius 2 is 2.50 bits per heavy atom. The minimum Gasteiger partial charge on any atom is -0.381 e. The van der Waals surface area contributed by atoms with E-state index in [9.17, 15) is 0 Å². The van der Waals surface area contributed by atoms with Crippen LogP contribution in [0.1, 0.15) is 30.4 Å². The third-order valence-electron chi connectivity index (χ3n) is 2.46. The predicted molar refractivity (Wildman–Crippen MR) is 51.9 cm³/mol. The van der Waals surface area contributed by atoms with Crippen LogP contribution in [0.15, 0.2) is 0 Å². The molecule has 0 radical (unpaired) electrons. The number of hydrogen-bond acceptors (Lipinski definition) is 4. The molecule has 1 saturated heterocycles. The number of nitrogens with zero attached hydrogens (tertiary/aromatic N) is 2. The first-order valence-corrected chi connectivity index (χ1v) is 5.09. The minimum absolute atomic E-state index is 0.367. The molecule has 5 nitrogen and oxygen atoms in total. The van der Waals surface area contributed by atoms with E-state index in [1.54, 1.807) is 0 Å². The van der Waals surface area contributed by atoms with E-state index in [-0.39, 0.29) is 0 Å².